The van der Waals surface area contributed by atoms with Crippen molar-refractivity contribution in [2.75, 3.05) is 13.7 Å². The molecule has 0 bridgehead atoms. The molecule has 0 aliphatic carbocycles. The summed E-state index contributed by atoms with van der Waals surface area (Å²) >= 11 is 0. The average Bonchev–Trinajstić information content (AvgIpc) is 2.82. The number of benzene rings is 3. The van der Waals surface area contributed by atoms with Crippen LogP contribution in [0, 0.1) is 19.8 Å². The molecule has 0 saturated carbocycles. The minimum absolute atomic E-state index is 0.236. The summed E-state index contributed by atoms with van der Waals surface area (Å²) in [5.41, 5.74) is 8.07. The number of aliphatic hydroxyl groups is 1. The minimum atomic E-state index is -0.912. The van der Waals surface area contributed by atoms with Gasteiger partial charge in [0.05, 0.1) is 25.7 Å². The molecule has 0 amide bonds. The molecule has 0 spiro atoms. The highest BCUT2D eigenvalue weighted by Crippen LogP contribution is 2.36. The van der Waals surface area contributed by atoms with Gasteiger partial charge in [-0.05, 0) is 78.3 Å². The topological polar surface area (TPSA) is 55.8 Å². The number of fused-ring (bicyclic) bond motifs is 1. The Balaban J connectivity index is 1.54. The van der Waals surface area contributed by atoms with Crippen LogP contribution >= 0.6 is 0 Å². The van der Waals surface area contributed by atoms with Crippen molar-refractivity contribution in [1.82, 2.24) is 0 Å². The molecule has 4 rings (SSSR count). The molecule has 4 heteroatoms. The van der Waals surface area contributed by atoms with E-state index in [1.54, 1.807) is 6.92 Å². The van der Waals surface area contributed by atoms with Crippen LogP contribution in [0.2, 0.25) is 0 Å². The third kappa shape index (κ3) is 4.28. The number of esters is 1. The van der Waals surface area contributed by atoms with Gasteiger partial charge in [-0.2, -0.15) is 0 Å². The zero-order chi connectivity index (χ0) is 22.8. The number of ether oxygens (including phenoxy) is 2. The first-order valence-electron chi connectivity index (χ1n) is 11.1. The standard InChI is InChI=1S/C28H30O4/c1-17-6-5-7-18(2)26(17)21-10-8-20(9-11-21)24-15-23-14-22(12-13-25(23)32-16-24)27(29)19(3)28(30)31-4/h5-14,19,24,27,29H,15-16H2,1-4H3/t19?,24?,27-/m1/s1. The van der Waals surface area contributed by atoms with Crippen LogP contribution in [0.4, 0.5) is 0 Å². The van der Waals surface area contributed by atoms with Gasteiger partial charge in [-0.15, -0.1) is 0 Å². The highest BCUT2D eigenvalue weighted by Gasteiger charge is 2.27. The van der Waals surface area contributed by atoms with Gasteiger partial charge in [-0.25, -0.2) is 0 Å². The molecule has 1 N–H and O–H groups in total. The summed E-state index contributed by atoms with van der Waals surface area (Å²) in [7, 11) is 1.34. The second-order valence-corrected chi connectivity index (χ2v) is 8.72. The van der Waals surface area contributed by atoms with Crippen LogP contribution in [0.25, 0.3) is 11.1 Å². The summed E-state index contributed by atoms with van der Waals surface area (Å²) in [5.74, 6) is 0.0270. The van der Waals surface area contributed by atoms with E-state index in [4.69, 9.17) is 9.47 Å². The first kappa shape index (κ1) is 22.1. The molecule has 1 aliphatic rings. The Morgan fingerprint density at radius 3 is 2.41 bits per heavy atom. The number of hydrogen-bond donors (Lipinski definition) is 1. The molecule has 4 nitrogen and oxygen atoms in total. The molecule has 3 atom stereocenters. The summed E-state index contributed by atoms with van der Waals surface area (Å²) in [4.78, 5) is 11.8. The Hall–Kier alpha value is -3.11. The Bertz CT molecular complexity index is 1100. The molecule has 0 radical (unpaired) electrons. The smallest absolute Gasteiger partial charge is 0.311 e. The van der Waals surface area contributed by atoms with Gasteiger partial charge in [0.15, 0.2) is 0 Å². The van der Waals surface area contributed by atoms with Gasteiger partial charge in [0, 0.05) is 5.92 Å². The number of carbonyl (C=O) groups is 1. The summed E-state index contributed by atoms with van der Waals surface area (Å²) < 4.78 is 10.8. The lowest BCUT2D eigenvalue weighted by Crippen LogP contribution is -2.22. The summed E-state index contributed by atoms with van der Waals surface area (Å²) in [6.45, 7) is 6.59. The van der Waals surface area contributed by atoms with Crippen LogP contribution in [0.15, 0.2) is 60.7 Å². The fourth-order valence-corrected chi connectivity index (χ4v) is 4.61. The second-order valence-electron chi connectivity index (χ2n) is 8.72. The fraction of sp³-hybridized carbons (Fsp3) is 0.321. The largest absolute Gasteiger partial charge is 0.493 e. The number of methoxy groups -OCH3 is 1. The predicted molar refractivity (Wildman–Crippen MR) is 126 cm³/mol. The van der Waals surface area contributed by atoms with Crippen LogP contribution < -0.4 is 4.74 Å². The van der Waals surface area contributed by atoms with E-state index < -0.39 is 18.0 Å². The maximum absolute atomic E-state index is 11.8. The zero-order valence-corrected chi connectivity index (χ0v) is 19.1. The lowest BCUT2D eigenvalue weighted by molar-refractivity contribution is -0.148. The van der Waals surface area contributed by atoms with E-state index in [9.17, 15) is 9.90 Å². The van der Waals surface area contributed by atoms with E-state index in [0.717, 1.165) is 17.7 Å². The fourth-order valence-electron chi connectivity index (χ4n) is 4.61. The molecule has 3 aromatic carbocycles. The highest BCUT2D eigenvalue weighted by atomic mass is 16.5. The van der Waals surface area contributed by atoms with E-state index in [1.807, 2.05) is 18.2 Å². The number of aliphatic hydroxyl groups excluding tert-OH is 1. The molecule has 2 unspecified atom stereocenters. The van der Waals surface area contributed by atoms with E-state index in [2.05, 4.69) is 56.3 Å². The van der Waals surface area contributed by atoms with Crippen LogP contribution in [-0.4, -0.2) is 24.8 Å². The Kier molecular flexibility index (Phi) is 6.33. The molecule has 0 fully saturated rings. The van der Waals surface area contributed by atoms with Crippen LogP contribution in [0.5, 0.6) is 5.75 Å². The lowest BCUT2D eigenvalue weighted by atomic mass is 9.87. The number of rotatable bonds is 5. The zero-order valence-electron chi connectivity index (χ0n) is 19.1. The Labute approximate surface area is 189 Å². The third-order valence-electron chi connectivity index (χ3n) is 6.53. The molecule has 1 heterocycles. The van der Waals surface area contributed by atoms with Gasteiger partial charge in [0.2, 0.25) is 0 Å². The molecule has 32 heavy (non-hydrogen) atoms. The van der Waals surface area contributed by atoms with Crippen molar-refractivity contribution in [3.63, 3.8) is 0 Å². The lowest BCUT2D eigenvalue weighted by Gasteiger charge is -2.27. The van der Waals surface area contributed by atoms with Gasteiger partial charge in [0.1, 0.15) is 5.75 Å². The Morgan fingerprint density at radius 1 is 1.06 bits per heavy atom. The van der Waals surface area contributed by atoms with E-state index in [1.165, 1.54) is 34.9 Å². The monoisotopic (exact) mass is 430 g/mol. The summed E-state index contributed by atoms with van der Waals surface area (Å²) in [6.07, 6.45) is -0.0876. The van der Waals surface area contributed by atoms with Crippen LogP contribution in [0.3, 0.4) is 0 Å². The summed E-state index contributed by atoms with van der Waals surface area (Å²) in [5, 5.41) is 10.6. The van der Waals surface area contributed by atoms with E-state index in [-0.39, 0.29) is 5.92 Å². The summed E-state index contributed by atoms with van der Waals surface area (Å²) in [6, 6.07) is 20.8. The SMILES string of the molecule is COC(=O)C(C)[C@@H](O)c1ccc2c(c1)CC(c1ccc(-c3c(C)cccc3C)cc1)CO2. The molecule has 0 aromatic heterocycles. The van der Waals surface area contributed by atoms with Crippen molar-refractivity contribution in [2.45, 2.75) is 39.2 Å². The number of hydrogen-bond acceptors (Lipinski definition) is 4. The molecule has 3 aromatic rings. The quantitative estimate of drug-likeness (QED) is 0.541. The van der Waals surface area contributed by atoms with Crippen molar-refractivity contribution in [1.29, 1.82) is 0 Å². The average molecular weight is 431 g/mol. The van der Waals surface area contributed by atoms with Gasteiger partial charge in [-0.1, -0.05) is 48.5 Å². The molecular weight excluding hydrogens is 400 g/mol. The minimum Gasteiger partial charge on any atom is -0.493 e. The van der Waals surface area contributed by atoms with Crippen LogP contribution in [-0.2, 0) is 16.0 Å². The normalized spacial score (nSPS) is 17.1. The number of carbonyl (C=O) groups excluding carboxylic acids is 1. The van der Waals surface area contributed by atoms with Crippen molar-refractivity contribution < 1.29 is 19.4 Å². The third-order valence-corrected chi connectivity index (χ3v) is 6.53. The van der Waals surface area contributed by atoms with Crippen molar-refractivity contribution in [2.24, 2.45) is 5.92 Å². The maximum atomic E-state index is 11.8. The van der Waals surface area contributed by atoms with Crippen molar-refractivity contribution in [3.05, 3.63) is 88.5 Å². The predicted octanol–water partition coefficient (Wildman–Crippen LogP) is 5.53. The first-order valence-corrected chi connectivity index (χ1v) is 11.1. The Morgan fingerprint density at radius 2 is 1.75 bits per heavy atom. The molecular formula is C28H30O4. The second kappa shape index (κ2) is 9.17. The van der Waals surface area contributed by atoms with Gasteiger partial charge in [0.25, 0.3) is 0 Å². The van der Waals surface area contributed by atoms with E-state index in [0.29, 0.717) is 12.2 Å². The highest BCUT2D eigenvalue weighted by molar-refractivity contribution is 5.73. The van der Waals surface area contributed by atoms with Gasteiger partial charge >= 0.3 is 5.97 Å². The van der Waals surface area contributed by atoms with Crippen molar-refractivity contribution >= 4 is 5.97 Å². The number of aryl methyl sites for hydroxylation is 2. The van der Waals surface area contributed by atoms with Gasteiger partial charge in [-0.3, -0.25) is 4.79 Å². The first-order chi connectivity index (χ1) is 15.4. The maximum Gasteiger partial charge on any atom is 0.311 e. The van der Waals surface area contributed by atoms with E-state index >= 15 is 0 Å². The molecule has 166 valence electrons. The molecule has 0 saturated heterocycles. The molecule has 1 aliphatic heterocycles. The van der Waals surface area contributed by atoms with Gasteiger partial charge < -0.3 is 14.6 Å². The van der Waals surface area contributed by atoms with Crippen LogP contribution in [0.1, 0.15) is 46.8 Å². The van der Waals surface area contributed by atoms with Crippen molar-refractivity contribution in [3.8, 4) is 16.9 Å².